The molecule has 2 rings (SSSR count). The highest BCUT2D eigenvalue weighted by atomic mass is 32.2. The van der Waals surface area contributed by atoms with Crippen LogP contribution in [0.25, 0.3) is 0 Å². The topological polar surface area (TPSA) is 55.0 Å². The number of ether oxygens (including phenoxy) is 1. The van der Waals surface area contributed by atoms with Gasteiger partial charge in [0.1, 0.15) is 5.75 Å². The molecule has 0 atom stereocenters. The summed E-state index contributed by atoms with van der Waals surface area (Å²) in [5.74, 6) is 2.35. The van der Waals surface area contributed by atoms with Crippen molar-refractivity contribution in [1.82, 2.24) is 9.97 Å². The molecule has 0 saturated heterocycles. The van der Waals surface area contributed by atoms with Crippen molar-refractivity contribution in [3.63, 3.8) is 0 Å². The zero-order valence-corrected chi connectivity index (χ0v) is 14.4. The van der Waals surface area contributed by atoms with Crippen LogP contribution in [0.3, 0.4) is 0 Å². The first-order valence-corrected chi connectivity index (χ1v) is 9.19. The molecule has 1 aromatic carbocycles. The van der Waals surface area contributed by atoms with Crippen molar-refractivity contribution in [2.45, 2.75) is 30.0 Å². The molecule has 0 saturated carbocycles. The Balaban J connectivity index is 1.83. The Hall–Kier alpha value is -1.40. The molecular weight excluding hydrogens is 316 g/mol. The summed E-state index contributed by atoms with van der Waals surface area (Å²) in [6, 6.07) is 11.3. The van der Waals surface area contributed by atoms with Crippen LogP contribution in [0.5, 0.6) is 5.75 Å². The zero-order valence-electron chi connectivity index (χ0n) is 12.7. The smallest absolute Gasteiger partial charge is 0.251 e. The van der Waals surface area contributed by atoms with Crippen molar-refractivity contribution in [2.75, 3.05) is 12.4 Å². The van der Waals surface area contributed by atoms with Crippen LogP contribution in [0, 0.1) is 0 Å². The lowest BCUT2D eigenvalue weighted by molar-refractivity contribution is 0.344. The number of H-pyrrole nitrogens is 1. The van der Waals surface area contributed by atoms with Gasteiger partial charge >= 0.3 is 0 Å². The van der Waals surface area contributed by atoms with Gasteiger partial charge in [0.15, 0.2) is 5.16 Å². The minimum Gasteiger partial charge on any atom is -0.493 e. The Morgan fingerprint density at radius 1 is 1.27 bits per heavy atom. The van der Waals surface area contributed by atoms with Gasteiger partial charge in [-0.3, -0.25) is 4.79 Å². The van der Waals surface area contributed by atoms with Crippen LogP contribution in [0.4, 0.5) is 0 Å². The number of benzene rings is 1. The Morgan fingerprint density at radius 3 is 2.77 bits per heavy atom. The molecule has 0 aliphatic rings. The second-order valence-electron chi connectivity index (χ2n) is 4.91. The first-order chi connectivity index (χ1) is 10.6. The highest BCUT2D eigenvalue weighted by Gasteiger charge is 2.04. The minimum atomic E-state index is -0.0965. The van der Waals surface area contributed by atoms with Gasteiger partial charge in [-0.25, -0.2) is 4.98 Å². The first kappa shape index (κ1) is 17.0. The van der Waals surface area contributed by atoms with Crippen LogP contribution in [-0.2, 0) is 5.75 Å². The van der Waals surface area contributed by atoms with Crippen molar-refractivity contribution in [2.24, 2.45) is 0 Å². The van der Waals surface area contributed by atoms with Gasteiger partial charge in [0.2, 0.25) is 0 Å². The summed E-state index contributed by atoms with van der Waals surface area (Å²) in [4.78, 5) is 18.9. The second-order valence-corrected chi connectivity index (χ2v) is 7.56. The van der Waals surface area contributed by atoms with Crippen LogP contribution in [0.15, 0.2) is 46.3 Å². The number of hydrogen-bond donors (Lipinski definition) is 1. The summed E-state index contributed by atoms with van der Waals surface area (Å²) in [5, 5.41) is 1.18. The number of nitrogens with zero attached hydrogens (tertiary/aromatic N) is 1. The average Bonchev–Trinajstić information content (AvgIpc) is 2.50. The predicted octanol–water partition coefficient (Wildman–Crippen LogP) is 3.58. The molecule has 1 N–H and O–H groups in total. The lowest BCUT2D eigenvalue weighted by Gasteiger charge is -2.07. The molecule has 0 radical (unpaired) electrons. The maximum absolute atomic E-state index is 11.7. The maximum Gasteiger partial charge on any atom is 0.251 e. The highest BCUT2D eigenvalue weighted by Crippen LogP contribution is 2.17. The summed E-state index contributed by atoms with van der Waals surface area (Å²) < 4.78 is 5.62. The van der Waals surface area contributed by atoms with E-state index in [0.717, 1.165) is 22.9 Å². The van der Waals surface area contributed by atoms with E-state index in [4.69, 9.17) is 4.74 Å². The first-order valence-electron chi connectivity index (χ1n) is 7.16. The monoisotopic (exact) mass is 336 g/mol. The van der Waals surface area contributed by atoms with Crippen LogP contribution >= 0.6 is 23.5 Å². The van der Waals surface area contributed by atoms with E-state index in [1.807, 2.05) is 30.3 Å². The van der Waals surface area contributed by atoms with Crippen molar-refractivity contribution in [3.05, 3.63) is 52.4 Å². The quantitative estimate of drug-likeness (QED) is 0.454. The van der Waals surface area contributed by atoms with Crippen LogP contribution in [0.1, 0.15) is 19.5 Å². The molecule has 118 valence electrons. The minimum absolute atomic E-state index is 0.0965. The van der Waals surface area contributed by atoms with Crippen LogP contribution in [-0.4, -0.2) is 27.6 Å². The standard InChI is InChI=1S/C16H20N2O2S2/c1-12(2)22-11-13-10-15(19)18-16(17-13)21-9-8-20-14-6-4-3-5-7-14/h3-7,10,12H,8-9,11H2,1-2H3,(H,17,18,19). The lowest BCUT2D eigenvalue weighted by atomic mass is 10.3. The molecule has 0 bridgehead atoms. The third-order valence-corrected chi connectivity index (χ3v) is 4.64. The summed E-state index contributed by atoms with van der Waals surface area (Å²) in [6.45, 7) is 4.84. The van der Waals surface area contributed by atoms with Crippen molar-refractivity contribution < 1.29 is 4.74 Å². The molecule has 0 aliphatic heterocycles. The number of hydrogen-bond acceptors (Lipinski definition) is 5. The molecule has 1 aromatic heterocycles. The number of nitrogens with one attached hydrogen (secondary N) is 1. The van der Waals surface area contributed by atoms with Crippen LogP contribution < -0.4 is 10.3 Å². The number of aromatic nitrogens is 2. The van der Waals surface area contributed by atoms with E-state index in [2.05, 4.69) is 23.8 Å². The van der Waals surface area contributed by atoms with Gasteiger partial charge in [-0.05, 0) is 17.4 Å². The molecule has 2 aromatic rings. The lowest BCUT2D eigenvalue weighted by Crippen LogP contribution is -2.11. The predicted molar refractivity (Wildman–Crippen MR) is 93.9 cm³/mol. The Labute approximate surface area is 139 Å². The molecule has 0 fully saturated rings. The van der Waals surface area contributed by atoms with E-state index >= 15 is 0 Å². The molecule has 0 unspecified atom stereocenters. The van der Waals surface area contributed by atoms with Gasteiger partial charge in [0.25, 0.3) is 5.56 Å². The Morgan fingerprint density at radius 2 is 2.05 bits per heavy atom. The summed E-state index contributed by atoms with van der Waals surface area (Å²) in [6.07, 6.45) is 0. The van der Waals surface area contributed by atoms with Gasteiger partial charge in [-0.2, -0.15) is 11.8 Å². The molecule has 1 heterocycles. The van der Waals surface area contributed by atoms with Crippen LogP contribution in [0.2, 0.25) is 0 Å². The fourth-order valence-corrected chi connectivity index (χ4v) is 3.06. The largest absolute Gasteiger partial charge is 0.493 e. The molecule has 0 amide bonds. The summed E-state index contributed by atoms with van der Waals surface area (Å²) in [7, 11) is 0. The van der Waals surface area contributed by atoms with E-state index in [1.54, 1.807) is 17.8 Å². The zero-order chi connectivity index (χ0) is 15.8. The maximum atomic E-state index is 11.7. The fourth-order valence-electron chi connectivity index (χ4n) is 1.69. The van der Waals surface area contributed by atoms with Gasteiger partial charge in [-0.1, -0.05) is 43.8 Å². The van der Waals surface area contributed by atoms with Gasteiger partial charge in [0.05, 0.1) is 12.3 Å². The Kier molecular flexibility index (Phi) is 6.86. The molecule has 0 spiro atoms. The second kappa shape index (κ2) is 8.90. The van der Waals surface area contributed by atoms with E-state index in [-0.39, 0.29) is 5.56 Å². The van der Waals surface area contributed by atoms with Crippen molar-refractivity contribution >= 4 is 23.5 Å². The fraction of sp³-hybridized carbons (Fsp3) is 0.375. The van der Waals surface area contributed by atoms with Crippen molar-refractivity contribution in [3.8, 4) is 5.75 Å². The van der Waals surface area contributed by atoms with E-state index in [9.17, 15) is 4.79 Å². The molecule has 0 aliphatic carbocycles. The number of thioether (sulfide) groups is 2. The third kappa shape index (κ3) is 6.15. The summed E-state index contributed by atoms with van der Waals surface area (Å²) in [5.41, 5.74) is 0.731. The summed E-state index contributed by atoms with van der Waals surface area (Å²) >= 11 is 3.28. The van der Waals surface area contributed by atoms with E-state index in [1.165, 1.54) is 11.8 Å². The van der Waals surface area contributed by atoms with E-state index in [0.29, 0.717) is 17.0 Å². The number of rotatable bonds is 8. The molecule has 22 heavy (non-hydrogen) atoms. The van der Waals surface area contributed by atoms with Gasteiger partial charge in [0, 0.05) is 17.6 Å². The molecule has 6 heteroatoms. The molecular formula is C16H20N2O2S2. The third-order valence-electron chi connectivity index (χ3n) is 2.67. The Bertz CT molecular complexity index is 630. The molecule has 4 nitrogen and oxygen atoms in total. The normalized spacial score (nSPS) is 10.9. The number of para-hydroxylation sites is 1. The van der Waals surface area contributed by atoms with Crippen molar-refractivity contribution in [1.29, 1.82) is 0 Å². The number of aromatic amines is 1. The average molecular weight is 336 g/mol. The highest BCUT2D eigenvalue weighted by molar-refractivity contribution is 7.99. The SMILES string of the molecule is CC(C)SCc1cc(=O)[nH]c(SCCOc2ccccc2)n1. The van der Waals surface area contributed by atoms with E-state index < -0.39 is 0 Å². The van der Waals surface area contributed by atoms with Gasteiger partial charge < -0.3 is 9.72 Å². The van der Waals surface area contributed by atoms with Gasteiger partial charge in [-0.15, -0.1) is 0 Å².